The number of nitrogens with one attached hydrogen (secondary N) is 1. The molecule has 0 fully saturated rings. The molecule has 0 saturated heterocycles. The summed E-state index contributed by atoms with van der Waals surface area (Å²) in [6.45, 7) is 2.95. The SMILES string of the molecule is CCCCOC(=O)Cc1cc(CNCC(=O)O)cs1. The third kappa shape index (κ3) is 6.93. The largest absolute Gasteiger partial charge is 0.480 e. The summed E-state index contributed by atoms with van der Waals surface area (Å²) in [5, 5.41) is 13.2. The summed E-state index contributed by atoms with van der Waals surface area (Å²) in [7, 11) is 0. The molecule has 19 heavy (non-hydrogen) atoms. The number of carbonyl (C=O) groups excluding carboxylic acids is 1. The standard InChI is InChI=1S/C13H19NO4S/c1-2-3-4-18-13(17)6-11-5-10(9-19-11)7-14-8-12(15)16/h5,9,14H,2-4,6-8H2,1H3,(H,15,16). The van der Waals surface area contributed by atoms with Crippen molar-refractivity contribution in [2.75, 3.05) is 13.2 Å². The minimum atomic E-state index is -0.880. The Morgan fingerprint density at radius 2 is 2.26 bits per heavy atom. The summed E-state index contributed by atoms with van der Waals surface area (Å²) in [5.41, 5.74) is 0.989. The first kappa shape index (κ1) is 15.7. The highest BCUT2D eigenvalue weighted by Crippen LogP contribution is 2.15. The molecule has 2 N–H and O–H groups in total. The van der Waals surface area contributed by atoms with Crippen molar-refractivity contribution < 1.29 is 19.4 Å². The number of rotatable bonds is 9. The fourth-order valence-corrected chi connectivity index (χ4v) is 2.32. The summed E-state index contributed by atoms with van der Waals surface area (Å²) in [4.78, 5) is 22.8. The quantitative estimate of drug-likeness (QED) is 0.534. The van der Waals surface area contributed by atoms with Gasteiger partial charge in [-0.2, -0.15) is 0 Å². The van der Waals surface area contributed by atoms with Crippen molar-refractivity contribution in [3.63, 3.8) is 0 Å². The first-order valence-corrected chi connectivity index (χ1v) is 7.14. The van der Waals surface area contributed by atoms with E-state index in [1.165, 1.54) is 11.3 Å². The van der Waals surface area contributed by atoms with Crippen LogP contribution in [-0.2, 0) is 27.3 Å². The molecule has 0 aromatic carbocycles. The highest BCUT2D eigenvalue weighted by atomic mass is 32.1. The molecule has 0 amide bonds. The summed E-state index contributed by atoms with van der Waals surface area (Å²) in [5.74, 6) is -1.09. The minimum Gasteiger partial charge on any atom is -0.480 e. The fourth-order valence-electron chi connectivity index (χ4n) is 1.45. The average molecular weight is 285 g/mol. The van der Waals surface area contributed by atoms with Crippen molar-refractivity contribution in [3.05, 3.63) is 21.9 Å². The molecule has 5 nitrogen and oxygen atoms in total. The maximum absolute atomic E-state index is 11.5. The van der Waals surface area contributed by atoms with Crippen LogP contribution in [0.2, 0.25) is 0 Å². The molecule has 1 heterocycles. The van der Waals surface area contributed by atoms with Crippen molar-refractivity contribution in [1.82, 2.24) is 5.32 Å². The molecule has 6 heteroatoms. The zero-order chi connectivity index (χ0) is 14.1. The Labute approximate surface area is 116 Å². The third-order valence-corrected chi connectivity index (χ3v) is 3.38. The van der Waals surface area contributed by atoms with Gasteiger partial charge in [0.1, 0.15) is 0 Å². The summed E-state index contributed by atoms with van der Waals surface area (Å²) >= 11 is 1.49. The molecule has 1 aromatic rings. The molecule has 0 aliphatic heterocycles. The second-order valence-electron chi connectivity index (χ2n) is 4.17. The smallest absolute Gasteiger partial charge is 0.317 e. The fraction of sp³-hybridized carbons (Fsp3) is 0.538. The molecule has 0 aliphatic rings. The number of thiophene rings is 1. The van der Waals surface area contributed by atoms with Crippen LogP contribution >= 0.6 is 11.3 Å². The number of carboxylic acids is 1. The second-order valence-corrected chi connectivity index (χ2v) is 5.17. The van der Waals surface area contributed by atoms with Crippen molar-refractivity contribution in [1.29, 1.82) is 0 Å². The monoisotopic (exact) mass is 285 g/mol. The lowest BCUT2D eigenvalue weighted by atomic mass is 10.2. The Balaban J connectivity index is 2.29. The van der Waals surface area contributed by atoms with Gasteiger partial charge < -0.3 is 15.2 Å². The van der Waals surface area contributed by atoms with Crippen LogP contribution in [0.15, 0.2) is 11.4 Å². The molecule has 0 spiro atoms. The summed E-state index contributed by atoms with van der Waals surface area (Å²) in [6.07, 6.45) is 2.18. The Morgan fingerprint density at radius 3 is 2.95 bits per heavy atom. The molecule has 1 aromatic heterocycles. The van der Waals surface area contributed by atoms with Crippen LogP contribution in [-0.4, -0.2) is 30.2 Å². The van der Waals surface area contributed by atoms with Gasteiger partial charge in [0.15, 0.2) is 0 Å². The van der Waals surface area contributed by atoms with Gasteiger partial charge in [-0.15, -0.1) is 11.3 Å². The van der Waals surface area contributed by atoms with Crippen LogP contribution in [0, 0.1) is 0 Å². The minimum absolute atomic E-state index is 0.0652. The van der Waals surface area contributed by atoms with Gasteiger partial charge in [-0.25, -0.2) is 0 Å². The van der Waals surface area contributed by atoms with Crippen LogP contribution in [0.25, 0.3) is 0 Å². The summed E-state index contributed by atoms with van der Waals surface area (Å²) < 4.78 is 5.08. The molecule has 0 aliphatic carbocycles. The van der Waals surface area contributed by atoms with Gasteiger partial charge in [-0.3, -0.25) is 9.59 Å². The lowest BCUT2D eigenvalue weighted by molar-refractivity contribution is -0.143. The molecule has 106 valence electrons. The van der Waals surface area contributed by atoms with Crippen LogP contribution in [0.5, 0.6) is 0 Å². The lowest BCUT2D eigenvalue weighted by Gasteiger charge is -2.02. The molecular formula is C13H19NO4S. The molecule has 0 saturated carbocycles. The highest BCUT2D eigenvalue weighted by Gasteiger charge is 2.07. The predicted octanol–water partition coefficient (Wildman–Crippen LogP) is 1.81. The van der Waals surface area contributed by atoms with E-state index in [9.17, 15) is 9.59 Å². The van der Waals surface area contributed by atoms with E-state index < -0.39 is 5.97 Å². The Bertz CT molecular complexity index is 417. The first-order valence-electron chi connectivity index (χ1n) is 6.26. The van der Waals surface area contributed by atoms with Crippen molar-refractivity contribution >= 4 is 23.3 Å². The Kier molecular flexibility index (Phi) is 7.14. The number of esters is 1. The number of ether oxygens (including phenoxy) is 1. The van der Waals surface area contributed by atoms with E-state index in [-0.39, 0.29) is 18.9 Å². The van der Waals surface area contributed by atoms with Crippen molar-refractivity contribution in [2.45, 2.75) is 32.7 Å². The number of hydrogen-bond donors (Lipinski definition) is 2. The van der Waals surface area contributed by atoms with Gasteiger partial charge in [-0.05, 0) is 23.4 Å². The van der Waals surface area contributed by atoms with Crippen molar-refractivity contribution in [2.24, 2.45) is 0 Å². The first-order chi connectivity index (χ1) is 9.11. The van der Waals surface area contributed by atoms with Crippen LogP contribution in [0.1, 0.15) is 30.2 Å². The number of hydrogen-bond acceptors (Lipinski definition) is 5. The maximum Gasteiger partial charge on any atom is 0.317 e. The zero-order valence-electron chi connectivity index (χ0n) is 11.0. The van der Waals surface area contributed by atoms with E-state index in [1.807, 2.05) is 18.4 Å². The summed E-state index contributed by atoms with van der Waals surface area (Å²) in [6, 6.07) is 1.90. The van der Waals surface area contributed by atoms with Crippen LogP contribution < -0.4 is 5.32 Å². The van der Waals surface area contributed by atoms with E-state index >= 15 is 0 Å². The second kappa shape index (κ2) is 8.66. The Hall–Kier alpha value is -1.40. The normalized spacial score (nSPS) is 10.4. The van der Waals surface area contributed by atoms with Gasteiger partial charge in [0, 0.05) is 11.4 Å². The molecule has 0 unspecified atom stereocenters. The molecule has 0 radical (unpaired) electrons. The van der Waals surface area contributed by atoms with Gasteiger partial charge in [-0.1, -0.05) is 13.3 Å². The predicted molar refractivity (Wildman–Crippen MR) is 73.2 cm³/mol. The van der Waals surface area contributed by atoms with Gasteiger partial charge in [0.25, 0.3) is 0 Å². The van der Waals surface area contributed by atoms with E-state index in [1.54, 1.807) is 0 Å². The number of unbranched alkanes of at least 4 members (excludes halogenated alkanes) is 1. The molecular weight excluding hydrogens is 266 g/mol. The lowest BCUT2D eigenvalue weighted by Crippen LogP contribution is -2.21. The van der Waals surface area contributed by atoms with Crippen molar-refractivity contribution in [3.8, 4) is 0 Å². The van der Waals surface area contributed by atoms with Gasteiger partial charge in [0.2, 0.25) is 0 Å². The van der Waals surface area contributed by atoms with Crippen LogP contribution in [0.3, 0.4) is 0 Å². The highest BCUT2D eigenvalue weighted by molar-refractivity contribution is 7.10. The molecule has 0 bridgehead atoms. The average Bonchev–Trinajstić information content (AvgIpc) is 2.76. The number of carbonyl (C=O) groups is 2. The van der Waals surface area contributed by atoms with Gasteiger partial charge in [0.05, 0.1) is 19.6 Å². The van der Waals surface area contributed by atoms with E-state index in [2.05, 4.69) is 5.32 Å². The van der Waals surface area contributed by atoms with E-state index in [4.69, 9.17) is 9.84 Å². The third-order valence-electron chi connectivity index (χ3n) is 2.39. The number of carboxylic acid groups (broad SMARTS) is 1. The topological polar surface area (TPSA) is 75.6 Å². The van der Waals surface area contributed by atoms with Gasteiger partial charge >= 0.3 is 11.9 Å². The van der Waals surface area contributed by atoms with E-state index in [0.717, 1.165) is 23.3 Å². The zero-order valence-corrected chi connectivity index (χ0v) is 11.8. The maximum atomic E-state index is 11.5. The van der Waals surface area contributed by atoms with E-state index in [0.29, 0.717) is 13.2 Å². The Morgan fingerprint density at radius 1 is 1.47 bits per heavy atom. The van der Waals surface area contributed by atoms with Crippen LogP contribution in [0.4, 0.5) is 0 Å². The molecule has 1 rings (SSSR count). The number of aliphatic carboxylic acids is 1. The molecule has 0 atom stereocenters.